The molecule has 3 aromatic rings. The number of hydrogen-bond acceptors (Lipinski definition) is 30. The van der Waals surface area contributed by atoms with Gasteiger partial charge in [-0.15, -0.1) is 0 Å². The van der Waals surface area contributed by atoms with Crippen LogP contribution in [0.2, 0.25) is 0 Å². The first-order valence-electron chi connectivity index (χ1n) is 17.5. The minimum absolute atomic E-state index is 0. The van der Waals surface area contributed by atoms with Gasteiger partial charge in [-0.05, 0) is 55.7 Å². The number of hydrogen-bond donors (Lipinski definition) is 6. The van der Waals surface area contributed by atoms with Crippen LogP contribution in [0.4, 0.5) is 0 Å². The fourth-order valence-electron chi connectivity index (χ4n) is 3.55. The third kappa shape index (κ3) is 38.4. The molecule has 0 bridgehead atoms. The van der Waals surface area contributed by atoms with Gasteiger partial charge in [-0.25, -0.2) is 15.0 Å². The molecule has 35 heteroatoms. The second-order valence-corrected chi connectivity index (χ2v) is 11.8. The van der Waals surface area contributed by atoms with Gasteiger partial charge in [-0.3, -0.25) is 0 Å². The van der Waals surface area contributed by atoms with Crippen molar-refractivity contribution in [3.8, 4) is 0 Å². The van der Waals surface area contributed by atoms with Crippen molar-refractivity contribution >= 4 is 89.9 Å². The third-order valence-corrected chi connectivity index (χ3v) is 6.69. The number of aliphatic hydroxyl groups excluding tert-OH is 3. The van der Waals surface area contributed by atoms with E-state index in [1.54, 1.807) is 0 Å². The molecule has 3 heterocycles. The number of carboxylic acid groups (broad SMARTS) is 12. The summed E-state index contributed by atoms with van der Waals surface area (Å²) in [5, 5.41) is 145. The van der Waals surface area contributed by atoms with Crippen molar-refractivity contribution in [2.75, 3.05) is 0 Å². The van der Waals surface area contributed by atoms with E-state index < -0.39 is 127 Å². The normalized spacial score (nSPS) is 12.4. The number of aliphatic hydroxyl groups is 3. The van der Waals surface area contributed by atoms with Crippen molar-refractivity contribution in [3.63, 3.8) is 0 Å². The van der Waals surface area contributed by atoms with Crippen LogP contribution in [0.15, 0.2) is 55.8 Å². The average molecular weight is 1170 g/mol. The molecular weight excluding hydrogens is 1140 g/mol. The molecule has 0 aliphatic rings. The summed E-state index contributed by atoms with van der Waals surface area (Å²) in [4.78, 5) is 139. The standard InChI is InChI=1S/3C6H6N2O2.3C6H8O7.2Mo/c3*9-6(10)2-1-5-3-7-4-8-5;3*7-3(8)1-2(5(10)11)4(9)6(12)13;;/h3*1-4H,(H,7,8)(H,9,10);3*2,4,9H,1H2,(H,7,8)(H,10,11)(H,12,13);;/p-12. The van der Waals surface area contributed by atoms with E-state index in [2.05, 4.69) is 29.9 Å². The third-order valence-electron chi connectivity index (χ3n) is 6.69. The van der Waals surface area contributed by atoms with E-state index in [-0.39, 0.29) is 42.1 Å². The summed E-state index contributed by atoms with van der Waals surface area (Å²) in [5.41, 5.74) is 1.93. The molecule has 0 saturated heterocycles. The minimum Gasteiger partial charge on any atom is -0.550 e. The predicted octanol–water partition coefficient (Wildman–Crippen LogP) is -18.7. The Kier molecular flexibility index (Phi) is 40.1. The summed E-state index contributed by atoms with van der Waals surface area (Å²) < 4.78 is 0. The first-order chi connectivity index (χ1) is 31.9. The molecular formula is C36H30Mo2N6O27-12. The second kappa shape index (κ2) is 39.7. The molecule has 6 atom stereocenters. The second-order valence-electron chi connectivity index (χ2n) is 11.8. The van der Waals surface area contributed by atoms with Gasteiger partial charge in [-0.2, -0.15) is 0 Å². The predicted molar refractivity (Wildman–Crippen MR) is 185 cm³/mol. The molecule has 390 valence electrons. The Morgan fingerprint density at radius 1 is 0.394 bits per heavy atom. The Balaban J connectivity index is -0.000000245. The smallest absolute Gasteiger partial charge is 0.102 e. The SMILES string of the molecule is O=C([O-])C=Cc1cnc[nH]1.O=C([O-])C=Cc1cnc[nH]1.O=C([O-])C=Cc1cnc[nH]1.O=C([O-])CC(C(=O)[O-])C(O)C(=O)[O-].O=C([O-])CC(C(=O)[O-])C(O)C(=O)[O-].O=C([O-])CC(C(=O)[O-])C(O)C(=O)[O-].[Mo].[Mo]. The van der Waals surface area contributed by atoms with E-state index in [9.17, 15) is 119 Å². The monoisotopic (exact) mass is 1170 g/mol. The first-order valence-corrected chi connectivity index (χ1v) is 17.5. The quantitative estimate of drug-likeness (QED) is 0.0426. The molecule has 3 aromatic heterocycles. The van der Waals surface area contributed by atoms with Crippen molar-refractivity contribution in [2.45, 2.75) is 37.6 Å². The van der Waals surface area contributed by atoms with Gasteiger partial charge in [-0.1, -0.05) is 0 Å². The molecule has 0 spiro atoms. The van der Waals surface area contributed by atoms with Crippen LogP contribution in [0.1, 0.15) is 36.3 Å². The fraction of sp³-hybridized carbons (Fsp3) is 0.250. The van der Waals surface area contributed by atoms with Gasteiger partial charge in [0.25, 0.3) is 0 Å². The zero-order valence-corrected chi connectivity index (χ0v) is 38.8. The summed E-state index contributed by atoms with van der Waals surface area (Å²) >= 11 is 0. The van der Waals surface area contributed by atoms with Crippen LogP contribution < -0.4 is 61.3 Å². The van der Waals surface area contributed by atoms with Gasteiger partial charge >= 0.3 is 0 Å². The number of nitrogens with zero attached hydrogens (tertiary/aromatic N) is 3. The summed E-state index contributed by atoms with van der Waals surface area (Å²) in [6, 6.07) is 0. The Morgan fingerprint density at radius 3 is 0.704 bits per heavy atom. The van der Waals surface area contributed by atoms with E-state index in [4.69, 9.17) is 15.3 Å². The van der Waals surface area contributed by atoms with Crippen LogP contribution in [0.3, 0.4) is 0 Å². The van der Waals surface area contributed by atoms with Gasteiger partial charge < -0.3 is 149 Å². The summed E-state index contributed by atoms with van der Waals surface area (Å²) in [6.45, 7) is 0. The number of carboxylic acids is 12. The zero-order chi connectivity index (χ0) is 54.0. The number of carbonyl (C=O) groups is 12. The maximum atomic E-state index is 10.1. The van der Waals surface area contributed by atoms with Crippen LogP contribution in [0, 0.1) is 17.8 Å². The van der Waals surface area contributed by atoms with Crippen LogP contribution >= 0.6 is 0 Å². The Bertz CT molecular complexity index is 2000. The Labute approximate surface area is 422 Å². The average Bonchev–Trinajstić information content (AvgIpc) is 4.07. The number of imidazole rings is 3. The van der Waals surface area contributed by atoms with Crippen molar-refractivity contribution in [1.82, 2.24) is 29.9 Å². The Morgan fingerprint density at radius 2 is 0.592 bits per heavy atom. The molecule has 3 rings (SSSR count). The minimum atomic E-state index is -2.41. The largest absolute Gasteiger partial charge is 0.550 e. The molecule has 33 nitrogen and oxygen atoms in total. The number of carbonyl (C=O) groups excluding carboxylic acids is 12. The van der Waals surface area contributed by atoms with E-state index >= 15 is 0 Å². The maximum absolute atomic E-state index is 10.1. The van der Waals surface area contributed by atoms with Crippen molar-refractivity contribution in [3.05, 3.63) is 72.9 Å². The van der Waals surface area contributed by atoms with Gasteiger partial charge in [0.1, 0.15) is 18.3 Å². The molecule has 0 aliphatic carbocycles. The Hall–Kier alpha value is -8.25. The number of aromatic nitrogens is 6. The molecule has 0 aliphatic heterocycles. The number of aromatic amines is 3. The van der Waals surface area contributed by atoms with Gasteiger partial charge in [0, 0.05) is 95.7 Å². The maximum Gasteiger partial charge on any atom is 0.102 e. The van der Waals surface area contributed by atoms with E-state index in [0.29, 0.717) is 17.1 Å². The van der Waals surface area contributed by atoms with E-state index in [1.165, 1.54) is 55.8 Å². The van der Waals surface area contributed by atoms with E-state index in [0.717, 1.165) is 18.2 Å². The van der Waals surface area contributed by atoms with Crippen molar-refractivity contribution in [2.24, 2.45) is 17.8 Å². The van der Waals surface area contributed by atoms with Gasteiger partial charge in [0.2, 0.25) is 0 Å². The fourth-order valence-corrected chi connectivity index (χ4v) is 3.55. The zero-order valence-electron chi connectivity index (χ0n) is 34.8. The molecule has 6 N–H and O–H groups in total. The van der Waals surface area contributed by atoms with Gasteiger partial charge in [0.05, 0.1) is 90.5 Å². The molecule has 0 fully saturated rings. The van der Waals surface area contributed by atoms with Crippen LogP contribution in [0.25, 0.3) is 18.2 Å². The van der Waals surface area contributed by atoms with Crippen LogP contribution in [0.5, 0.6) is 0 Å². The number of rotatable bonds is 21. The number of nitrogens with one attached hydrogen (secondary N) is 3. The summed E-state index contributed by atoms with van der Waals surface area (Å²) in [7, 11) is 0. The topological polar surface area (TPSA) is 628 Å². The molecule has 0 saturated carbocycles. The number of H-pyrrole nitrogens is 3. The van der Waals surface area contributed by atoms with Crippen molar-refractivity contribution < 1.29 is 176 Å². The van der Waals surface area contributed by atoms with Gasteiger partial charge in [0.15, 0.2) is 0 Å². The molecule has 0 aromatic carbocycles. The summed E-state index contributed by atoms with van der Waals surface area (Å²) in [6.07, 6.45) is 5.22. The molecule has 0 amide bonds. The van der Waals surface area contributed by atoms with Crippen molar-refractivity contribution in [1.29, 1.82) is 0 Å². The first kappa shape index (κ1) is 71.7. The number of aliphatic carboxylic acids is 12. The molecule has 71 heavy (non-hydrogen) atoms. The van der Waals surface area contributed by atoms with Crippen LogP contribution in [-0.2, 0) is 99.7 Å². The van der Waals surface area contributed by atoms with Crippen LogP contribution in [-0.4, -0.2) is 135 Å². The van der Waals surface area contributed by atoms with E-state index in [1.807, 2.05) is 0 Å². The molecule has 6 unspecified atom stereocenters. The molecule has 0 radical (unpaired) electrons. The summed E-state index contributed by atoms with van der Waals surface area (Å²) in [5.74, 6) is -27.4.